The first kappa shape index (κ1) is 28.8. The summed E-state index contributed by atoms with van der Waals surface area (Å²) in [5, 5.41) is 40.2. The number of benzene rings is 2. The van der Waals surface area contributed by atoms with E-state index in [0.29, 0.717) is 38.1 Å². The molecule has 0 aromatic heterocycles. The van der Waals surface area contributed by atoms with Crippen LogP contribution in [0.15, 0.2) is 42.5 Å². The van der Waals surface area contributed by atoms with Crippen molar-refractivity contribution in [2.24, 2.45) is 0 Å². The molecular formula is C23H27N5O9. The first-order valence-corrected chi connectivity index (χ1v) is 11.1. The number of amides is 1. The summed E-state index contributed by atoms with van der Waals surface area (Å²) in [4.78, 5) is 55.6. The molecule has 0 bridgehead atoms. The maximum absolute atomic E-state index is 12.4. The van der Waals surface area contributed by atoms with Gasteiger partial charge in [0.15, 0.2) is 0 Å². The van der Waals surface area contributed by atoms with Crippen LogP contribution in [0.5, 0.6) is 5.75 Å². The van der Waals surface area contributed by atoms with Gasteiger partial charge in [0.2, 0.25) is 5.91 Å². The molecule has 198 valence electrons. The van der Waals surface area contributed by atoms with Crippen molar-refractivity contribution in [3.8, 4) is 5.75 Å². The number of phenolic OH excluding ortho intramolecular Hbond substituents is 1. The van der Waals surface area contributed by atoms with E-state index in [2.05, 4.69) is 0 Å². The van der Waals surface area contributed by atoms with Crippen LogP contribution in [0.1, 0.15) is 25.3 Å². The number of likely N-dealkylation sites (tertiary alicyclic amines) is 1. The van der Waals surface area contributed by atoms with Crippen molar-refractivity contribution < 1.29 is 29.5 Å². The molecule has 0 aliphatic carbocycles. The molecule has 1 heterocycles. The Morgan fingerprint density at radius 3 is 1.86 bits per heavy atom. The third kappa shape index (κ3) is 6.61. The van der Waals surface area contributed by atoms with Gasteiger partial charge in [0.1, 0.15) is 6.29 Å². The summed E-state index contributed by atoms with van der Waals surface area (Å²) in [6.07, 6.45) is 2.47. The molecule has 2 aromatic carbocycles. The number of phenols is 1. The molecular weight excluding hydrogens is 490 g/mol. The van der Waals surface area contributed by atoms with Crippen molar-refractivity contribution in [1.29, 1.82) is 0 Å². The predicted molar refractivity (Wildman–Crippen MR) is 131 cm³/mol. The molecule has 1 saturated heterocycles. The fourth-order valence-corrected chi connectivity index (χ4v) is 3.83. The van der Waals surface area contributed by atoms with Crippen LogP contribution >= 0.6 is 0 Å². The normalized spacial score (nSPS) is 15.2. The Morgan fingerprint density at radius 2 is 1.49 bits per heavy atom. The van der Waals surface area contributed by atoms with Gasteiger partial charge in [-0.25, -0.2) is 0 Å². The highest BCUT2D eigenvalue weighted by atomic mass is 16.6. The Morgan fingerprint density at radius 1 is 1.00 bits per heavy atom. The summed E-state index contributed by atoms with van der Waals surface area (Å²) >= 11 is 0. The van der Waals surface area contributed by atoms with Gasteiger partial charge in [-0.3, -0.25) is 40.0 Å². The molecule has 14 nitrogen and oxygen atoms in total. The molecule has 1 aliphatic heterocycles. The van der Waals surface area contributed by atoms with E-state index < -0.39 is 43.0 Å². The van der Waals surface area contributed by atoms with E-state index in [-0.39, 0.29) is 11.9 Å². The summed E-state index contributed by atoms with van der Waals surface area (Å²) in [7, 11) is 3.82. The third-order valence-corrected chi connectivity index (χ3v) is 6.33. The number of aldehydes is 1. The summed E-state index contributed by atoms with van der Waals surface area (Å²) in [5.41, 5.74) is -2.37. The monoisotopic (exact) mass is 517 g/mol. The number of nitro groups is 3. The minimum absolute atomic E-state index is 0.120. The van der Waals surface area contributed by atoms with Crippen LogP contribution in [0.3, 0.4) is 0 Å². The molecule has 0 spiro atoms. The number of piperidine rings is 1. The predicted octanol–water partition coefficient (Wildman–Crippen LogP) is 2.81. The van der Waals surface area contributed by atoms with Crippen LogP contribution < -0.4 is 0 Å². The molecule has 1 fully saturated rings. The van der Waals surface area contributed by atoms with E-state index in [1.807, 2.05) is 61.2 Å². The Kier molecular flexibility index (Phi) is 9.32. The van der Waals surface area contributed by atoms with E-state index in [1.54, 1.807) is 0 Å². The zero-order valence-corrected chi connectivity index (χ0v) is 20.5. The van der Waals surface area contributed by atoms with Crippen LogP contribution in [-0.4, -0.2) is 75.1 Å². The SMILES string of the molecule is C[C@@H](C(=O)N1CCC(C=O)(c2ccccc2)CC1)N(C)C.O=[N+]([O-])c1cc([N+](=O)[O-])c(O)c([N+](=O)[O-])c1. The summed E-state index contributed by atoms with van der Waals surface area (Å²) < 4.78 is 0. The molecule has 37 heavy (non-hydrogen) atoms. The van der Waals surface area contributed by atoms with Gasteiger partial charge in [0.25, 0.3) is 11.4 Å². The van der Waals surface area contributed by atoms with Crippen LogP contribution in [-0.2, 0) is 15.0 Å². The zero-order chi connectivity index (χ0) is 27.9. The lowest BCUT2D eigenvalue weighted by Crippen LogP contribution is -2.51. The maximum atomic E-state index is 12.4. The fourth-order valence-electron chi connectivity index (χ4n) is 3.83. The number of carbonyl (C=O) groups is 2. The second-order valence-corrected chi connectivity index (χ2v) is 8.71. The van der Waals surface area contributed by atoms with Crippen molar-refractivity contribution in [1.82, 2.24) is 9.80 Å². The van der Waals surface area contributed by atoms with Gasteiger partial charge in [-0.1, -0.05) is 30.3 Å². The van der Waals surface area contributed by atoms with E-state index in [9.17, 15) is 39.9 Å². The van der Waals surface area contributed by atoms with Crippen molar-refractivity contribution >= 4 is 29.3 Å². The fraction of sp³-hybridized carbons (Fsp3) is 0.391. The lowest BCUT2D eigenvalue weighted by Gasteiger charge is -2.40. The minimum Gasteiger partial charge on any atom is -0.497 e. The first-order chi connectivity index (χ1) is 17.3. The molecule has 0 unspecified atom stereocenters. The molecule has 1 amide bonds. The topological polar surface area (TPSA) is 190 Å². The van der Waals surface area contributed by atoms with E-state index >= 15 is 0 Å². The summed E-state index contributed by atoms with van der Waals surface area (Å²) in [5.74, 6) is -1.06. The van der Waals surface area contributed by atoms with Crippen LogP contribution in [0.25, 0.3) is 0 Å². The largest absolute Gasteiger partial charge is 0.497 e. The van der Waals surface area contributed by atoms with Crippen molar-refractivity contribution in [2.45, 2.75) is 31.2 Å². The summed E-state index contributed by atoms with van der Waals surface area (Å²) in [6.45, 7) is 3.20. The number of non-ortho nitro benzene ring substituents is 1. The van der Waals surface area contributed by atoms with Gasteiger partial charge in [0.05, 0.1) is 38.4 Å². The standard InChI is InChI=1S/C17H24N2O2.C6H3N3O7/c1-14(18(2)3)16(21)19-11-9-17(13-20,10-12-19)15-7-5-4-6-8-15;10-6-4(8(13)14)1-3(7(11)12)2-5(6)9(15)16/h4-8,13-14H,9-12H2,1-3H3;1-2,10H/t14-;/m0./s1. The lowest BCUT2D eigenvalue weighted by atomic mass is 9.74. The number of hydrogen-bond donors (Lipinski definition) is 1. The first-order valence-electron chi connectivity index (χ1n) is 11.1. The van der Waals surface area contributed by atoms with Crippen LogP contribution in [0.4, 0.5) is 17.1 Å². The van der Waals surface area contributed by atoms with Crippen molar-refractivity contribution in [3.63, 3.8) is 0 Å². The maximum Gasteiger partial charge on any atom is 0.324 e. The van der Waals surface area contributed by atoms with E-state index in [4.69, 9.17) is 5.11 Å². The number of rotatable bonds is 7. The second kappa shape index (κ2) is 12.0. The van der Waals surface area contributed by atoms with Crippen LogP contribution in [0.2, 0.25) is 0 Å². The van der Waals surface area contributed by atoms with Gasteiger partial charge in [-0.15, -0.1) is 0 Å². The second-order valence-electron chi connectivity index (χ2n) is 8.71. The molecule has 1 atom stereocenters. The lowest BCUT2D eigenvalue weighted by molar-refractivity contribution is -0.404. The third-order valence-electron chi connectivity index (χ3n) is 6.33. The minimum atomic E-state index is -1.21. The van der Waals surface area contributed by atoms with E-state index in [0.717, 1.165) is 11.8 Å². The highest BCUT2D eigenvalue weighted by molar-refractivity contribution is 5.82. The Labute approximate surface area is 211 Å². The highest BCUT2D eigenvalue weighted by Gasteiger charge is 2.38. The van der Waals surface area contributed by atoms with Gasteiger partial charge in [-0.2, -0.15) is 0 Å². The van der Waals surface area contributed by atoms with E-state index in [1.165, 1.54) is 0 Å². The Bertz CT molecular complexity index is 1140. The van der Waals surface area contributed by atoms with Crippen molar-refractivity contribution in [2.75, 3.05) is 27.2 Å². The number of likely N-dealkylation sites (N-methyl/N-ethyl adjacent to an activating group) is 1. The number of hydrogen-bond acceptors (Lipinski definition) is 10. The smallest absolute Gasteiger partial charge is 0.324 e. The zero-order valence-electron chi connectivity index (χ0n) is 20.5. The molecule has 0 saturated carbocycles. The molecule has 2 aromatic rings. The van der Waals surface area contributed by atoms with Gasteiger partial charge in [-0.05, 0) is 39.4 Å². The van der Waals surface area contributed by atoms with Gasteiger partial charge in [0, 0.05) is 13.1 Å². The molecule has 3 rings (SSSR count). The van der Waals surface area contributed by atoms with Crippen LogP contribution in [0, 0.1) is 30.3 Å². The number of aromatic hydroxyl groups is 1. The molecule has 1 N–H and O–H groups in total. The number of nitrogens with zero attached hydrogens (tertiary/aromatic N) is 5. The summed E-state index contributed by atoms with van der Waals surface area (Å²) in [6, 6.07) is 10.7. The Hall–Kier alpha value is -4.46. The van der Waals surface area contributed by atoms with Gasteiger partial charge >= 0.3 is 11.4 Å². The molecule has 0 radical (unpaired) electrons. The number of nitro benzene ring substituents is 3. The molecule has 1 aliphatic rings. The molecule has 14 heteroatoms. The van der Waals surface area contributed by atoms with Crippen molar-refractivity contribution in [3.05, 3.63) is 78.4 Å². The Balaban J connectivity index is 0.000000271. The highest BCUT2D eigenvalue weighted by Crippen LogP contribution is 2.39. The quantitative estimate of drug-likeness (QED) is 0.324. The number of carbonyl (C=O) groups excluding carboxylic acids is 2. The van der Waals surface area contributed by atoms with Gasteiger partial charge < -0.3 is 14.8 Å². The average Bonchev–Trinajstić information content (AvgIpc) is 2.88. The average molecular weight is 517 g/mol.